The number of hydrogen-bond acceptors (Lipinski definition) is 4. The van der Waals surface area contributed by atoms with Gasteiger partial charge in [-0.15, -0.1) is 11.6 Å². The van der Waals surface area contributed by atoms with Crippen molar-refractivity contribution in [2.45, 2.75) is 34.6 Å². The van der Waals surface area contributed by atoms with Crippen molar-refractivity contribution in [2.75, 3.05) is 37.0 Å². The number of aromatic nitrogens is 2. The molecule has 2 heterocycles. The summed E-state index contributed by atoms with van der Waals surface area (Å²) in [6.07, 6.45) is 0. The van der Waals surface area contributed by atoms with E-state index in [-0.39, 0.29) is 5.91 Å². The van der Waals surface area contributed by atoms with Crippen molar-refractivity contribution in [1.29, 1.82) is 0 Å². The number of halogens is 1. The first-order chi connectivity index (χ1) is 10.3. The molecule has 5 nitrogen and oxygen atoms in total. The molecule has 2 rings (SSSR count). The van der Waals surface area contributed by atoms with Crippen LogP contribution in [0, 0.1) is 26.2 Å². The van der Waals surface area contributed by atoms with E-state index in [1.165, 1.54) is 0 Å². The zero-order valence-corrected chi connectivity index (χ0v) is 14.9. The van der Waals surface area contributed by atoms with Gasteiger partial charge in [0.25, 0.3) is 0 Å². The molecule has 22 heavy (non-hydrogen) atoms. The Bertz CT molecular complexity index is 566. The highest BCUT2D eigenvalue weighted by molar-refractivity contribution is 6.19. The molecule has 1 saturated heterocycles. The minimum Gasteiger partial charge on any atom is -0.353 e. The molecule has 0 bridgehead atoms. The smallest absolute Gasteiger partial charge is 0.229 e. The number of amides is 1. The number of aryl methyl sites for hydroxylation is 2. The van der Waals surface area contributed by atoms with E-state index in [0.29, 0.717) is 19.0 Å². The number of rotatable bonds is 3. The van der Waals surface area contributed by atoms with Gasteiger partial charge in [0, 0.05) is 43.3 Å². The minimum absolute atomic E-state index is 0.133. The van der Waals surface area contributed by atoms with Gasteiger partial charge in [0.2, 0.25) is 5.91 Å². The second kappa shape index (κ2) is 6.41. The van der Waals surface area contributed by atoms with Gasteiger partial charge in [-0.1, -0.05) is 0 Å². The van der Waals surface area contributed by atoms with E-state index >= 15 is 0 Å². The third kappa shape index (κ3) is 3.35. The summed E-state index contributed by atoms with van der Waals surface area (Å²) in [6.45, 7) is 12.8. The molecule has 0 unspecified atom stereocenters. The first kappa shape index (κ1) is 17.0. The van der Waals surface area contributed by atoms with Crippen LogP contribution in [0.15, 0.2) is 0 Å². The largest absolute Gasteiger partial charge is 0.353 e. The first-order valence-electron chi connectivity index (χ1n) is 7.68. The number of alkyl halides is 1. The Morgan fingerprint density at radius 2 is 1.73 bits per heavy atom. The summed E-state index contributed by atoms with van der Waals surface area (Å²) in [6, 6.07) is 0. The summed E-state index contributed by atoms with van der Waals surface area (Å²) in [5.41, 5.74) is 1.64. The van der Waals surface area contributed by atoms with Crippen molar-refractivity contribution in [3.8, 4) is 0 Å². The predicted octanol–water partition coefficient (Wildman–Crippen LogP) is 2.32. The molecule has 1 aromatic heterocycles. The molecule has 0 atom stereocenters. The number of piperazine rings is 1. The van der Waals surface area contributed by atoms with E-state index in [1.807, 2.05) is 32.6 Å². The van der Waals surface area contributed by atoms with Crippen molar-refractivity contribution in [2.24, 2.45) is 5.41 Å². The maximum absolute atomic E-state index is 12.5. The highest BCUT2D eigenvalue weighted by atomic mass is 35.5. The fourth-order valence-corrected chi connectivity index (χ4v) is 2.78. The fraction of sp³-hybridized carbons (Fsp3) is 0.688. The molecule has 0 aromatic carbocycles. The van der Waals surface area contributed by atoms with E-state index in [9.17, 15) is 4.79 Å². The molecule has 1 aliphatic heterocycles. The van der Waals surface area contributed by atoms with Crippen LogP contribution in [0.3, 0.4) is 0 Å². The van der Waals surface area contributed by atoms with E-state index in [1.54, 1.807) is 0 Å². The van der Waals surface area contributed by atoms with Crippen LogP contribution in [0.1, 0.15) is 30.9 Å². The lowest BCUT2D eigenvalue weighted by molar-refractivity contribution is -0.139. The molecule has 1 amide bonds. The predicted molar refractivity (Wildman–Crippen MR) is 89.5 cm³/mol. The average Bonchev–Trinajstić information content (AvgIpc) is 2.50. The van der Waals surface area contributed by atoms with Crippen LogP contribution in [-0.2, 0) is 4.79 Å². The Morgan fingerprint density at radius 3 is 2.27 bits per heavy atom. The Kier molecular flexibility index (Phi) is 4.95. The van der Waals surface area contributed by atoms with Crippen LogP contribution in [-0.4, -0.2) is 52.8 Å². The molecule has 122 valence electrons. The van der Waals surface area contributed by atoms with E-state index in [4.69, 9.17) is 11.6 Å². The fourth-order valence-electron chi connectivity index (χ4n) is 2.66. The van der Waals surface area contributed by atoms with Crippen LogP contribution >= 0.6 is 11.6 Å². The number of hydrogen-bond donors (Lipinski definition) is 0. The lowest BCUT2D eigenvalue weighted by Crippen LogP contribution is -2.53. The topological polar surface area (TPSA) is 49.3 Å². The number of nitrogens with zero attached hydrogens (tertiary/aromatic N) is 4. The van der Waals surface area contributed by atoms with Crippen molar-refractivity contribution in [3.63, 3.8) is 0 Å². The summed E-state index contributed by atoms with van der Waals surface area (Å²) in [4.78, 5) is 25.6. The van der Waals surface area contributed by atoms with E-state index < -0.39 is 5.41 Å². The maximum Gasteiger partial charge on any atom is 0.229 e. The van der Waals surface area contributed by atoms with Gasteiger partial charge in [0.05, 0.1) is 5.41 Å². The van der Waals surface area contributed by atoms with Gasteiger partial charge in [0.1, 0.15) is 11.6 Å². The second-order valence-electron chi connectivity index (χ2n) is 6.60. The molecule has 1 aromatic rings. The van der Waals surface area contributed by atoms with Gasteiger partial charge < -0.3 is 9.80 Å². The van der Waals surface area contributed by atoms with Gasteiger partial charge in [-0.3, -0.25) is 4.79 Å². The highest BCUT2D eigenvalue weighted by Gasteiger charge is 2.33. The normalized spacial score (nSPS) is 16.1. The highest BCUT2D eigenvalue weighted by Crippen LogP contribution is 2.24. The van der Waals surface area contributed by atoms with Gasteiger partial charge in [-0.2, -0.15) is 0 Å². The molecular weight excluding hydrogens is 300 g/mol. The zero-order valence-electron chi connectivity index (χ0n) is 14.1. The summed E-state index contributed by atoms with van der Waals surface area (Å²) in [5, 5.41) is 0. The SMILES string of the molecule is Cc1nc(C)c(C)c(N2CCN(C(=O)C(C)(C)CCl)CC2)n1. The summed E-state index contributed by atoms with van der Waals surface area (Å²) >= 11 is 5.91. The van der Waals surface area contributed by atoms with Crippen LogP contribution in [0.4, 0.5) is 5.82 Å². The van der Waals surface area contributed by atoms with Gasteiger partial charge in [-0.05, 0) is 34.6 Å². The summed E-state index contributed by atoms with van der Waals surface area (Å²) in [7, 11) is 0. The Balaban J connectivity index is 2.09. The molecule has 1 fully saturated rings. The van der Waals surface area contributed by atoms with Gasteiger partial charge >= 0.3 is 0 Å². The van der Waals surface area contributed by atoms with Crippen LogP contribution in [0.25, 0.3) is 0 Å². The Labute approximate surface area is 137 Å². The Hall–Kier alpha value is -1.36. The maximum atomic E-state index is 12.5. The number of carbonyl (C=O) groups excluding carboxylic acids is 1. The first-order valence-corrected chi connectivity index (χ1v) is 8.22. The van der Waals surface area contributed by atoms with Gasteiger partial charge in [-0.25, -0.2) is 9.97 Å². The van der Waals surface area contributed by atoms with Crippen LogP contribution in [0.5, 0.6) is 0 Å². The van der Waals surface area contributed by atoms with Crippen molar-refractivity contribution < 1.29 is 4.79 Å². The Morgan fingerprint density at radius 1 is 1.14 bits per heavy atom. The van der Waals surface area contributed by atoms with Crippen molar-refractivity contribution in [1.82, 2.24) is 14.9 Å². The monoisotopic (exact) mass is 324 g/mol. The number of carbonyl (C=O) groups is 1. The third-order valence-corrected chi connectivity index (χ3v) is 4.92. The molecule has 0 radical (unpaired) electrons. The minimum atomic E-state index is -0.498. The molecular formula is C16H25ClN4O. The zero-order chi connectivity index (χ0) is 16.5. The van der Waals surface area contributed by atoms with E-state index in [0.717, 1.165) is 36.0 Å². The summed E-state index contributed by atoms with van der Waals surface area (Å²) < 4.78 is 0. The lowest BCUT2D eigenvalue weighted by Gasteiger charge is -2.39. The number of anilines is 1. The molecule has 0 N–H and O–H groups in total. The summed E-state index contributed by atoms with van der Waals surface area (Å²) in [5.74, 6) is 2.26. The molecule has 0 aliphatic carbocycles. The molecule has 6 heteroatoms. The molecule has 0 saturated carbocycles. The third-order valence-electron chi connectivity index (χ3n) is 4.25. The van der Waals surface area contributed by atoms with Crippen molar-refractivity contribution in [3.05, 3.63) is 17.1 Å². The second-order valence-corrected chi connectivity index (χ2v) is 6.87. The molecule has 0 spiro atoms. The van der Waals surface area contributed by atoms with Crippen molar-refractivity contribution >= 4 is 23.3 Å². The van der Waals surface area contributed by atoms with Crippen LogP contribution < -0.4 is 4.90 Å². The molecule has 1 aliphatic rings. The standard InChI is InChI=1S/C16H25ClN4O/c1-11-12(2)18-13(3)19-14(11)20-6-8-21(9-7-20)15(22)16(4,5)10-17/h6-10H2,1-5H3. The lowest BCUT2D eigenvalue weighted by atomic mass is 9.94. The van der Waals surface area contributed by atoms with Gasteiger partial charge in [0.15, 0.2) is 0 Å². The van der Waals surface area contributed by atoms with E-state index in [2.05, 4.69) is 21.8 Å². The average molecular weight is 325 g/mol. The quantitative estimate of drug-likeness (QED) is 0.801. The van der Waals surface area contributed by atoms with Crippen LogP contribution in [0.2, 0.25) is 0 Å².